The van der Waals surface area contributed by atoms with Gasteiger partial charge in [-0.1, -0.05) is 35.9 Å². The van der Waals surface area contributed by atoms with E-state index in [1.807, 2.05) is 12.1 Å². The maximum Gasteiger partial charge on any atom is 0.267 e. The third-order valence-electron chi connectivity index (χ3n) is 4.17. The van der Waals surface area contributed by atoms with Gasteiger partial charge in [-0.15, -0.1) is 5.10 Å². The Balaban J connectivity index is 1.60. The summed E-state index contributed by atoms with van der Waals surface area (Å²) in [5.74, 6) is 0.117. The van der Waals surface area contributed by atoms with E-state index in [1.54, 1.807) is 48.7 Å². The monoisotopic (exact) mass is 439 g/mol. The van der Waals surface area contributed by atoms with Gasteiger partial charge in [-0.25, -0.2) is 4.39 Å². The van der Waals surface area contributed by atoms with Gasteiger partial charge >= 0.3 is 0 Å². The van der Waals surface area contributed by atoms with E-state index in [0.29, 0.717) is 26.4 Å². The zero-order valence-corrected chi connectivity index (χ0v) is 17.1. The maximum absolute atomic E-state index is 13.0. The Hall–Kier alpha value is -3.16. The van der Waals surface area contributed by atoms with Gasteiger partial charge in [0.05, 0.1) is 23.9 Å². The zero-order chi connectivity index (χ0) is 20.9. The van der Waals surface area contributed by atoms with Gasteiger partial charge in [0.2, 0.25) is 0 Å². The first-order valence-corrected chi connectivity index (χ1v) is 10.1. The standard InChI is InChI=1S/C22H15ClFN3O2S/c23-17-7-3-15(4-8-17)12-20-21(28)27(14-19-2-1-11-29-19)22(30-20)26-25-13-16-5-9-18(24)10-6-16/h1-13H,14H2/b20-12-,25-13+,26-22-. The van der Waals surface area contributed by atoms with Crippen molar-refractivity contribution in [1.29, 1.82) is 0 Å². The van der Waals surface area contributed by atoms with Crippen LogP contribution >= 0.6 is 23.4 Å². The molecule has 1 saturated heterocycles. The van der Waals surface area contributed by atoms with Crippen molar-refractivity contribution in [1.82, 2.24) is 4.90 Å². The molecule has 1 aliphatic rings. The van der Waals surface area contributed by atoms with Crippen LogP contribution in [0, 0.1) is 5.82 Å². The van der Waals surface area contributed by atoms with Crippen LogP contribution in [0.15, 0.2) is 86.5 Å². The van der Waals surface area contributed by atoms with E-state index in [4.69, 9.17) is 16.0 Å². The molecule has 0 spiro atoms. The summed E-state index contributed by atoms with van der Waals surface area (Å²) in [5.41, 5.74) is 1.55. The summed E-state index contributed by atoms with van der Waals surface area (Å²) in [4.78, 5) is 15.0. The molecule has 1 aliphatic heterocycles. The molecule has 2 aromatic carbocycles. The first-order valence-electron chi connectivity index (χ1n) is 8.94. The summed E-state index contributed by atoms with van der Waals surface area (Å²) in [7, 11) is 0. The number of thioether (sulfide) groups is 1. The van der Waals surface area contributed by atoms with E-state index in [1.165, 1.54) is 35.0 Å². The number of hydrogen-bond acceptors (Lipinski definition) is 5. The van der Waals surface area contributed by atoms with Crippen molar-refractivity contribution >= 4 is 46.7 Å². The molecule has 0 atom stereocenters. The Bertz CT molecular complexity index is 1120. The van der Waals surface area contributed by atoms with E-state index >= 15 is 0 Å². The second kappa shape index (κ2) is 9.11. The largest absolute Gasteiger partial charge is 0.467 e. The van der Waals surface area contributed by atoms with Gasteiger partial charge in [0.1, 0.15) is 11.6 Å². The van der Waals surface area contributed by atoms with Gasteiger partial charge < -0.3 is 4.42 Å². The number of amidine groups is 1. The molecule has 1 aromatic heterocycles. The minimum atomic E-state index is -0.322. The van der Waals surface area contributed by atoms with Crippen molar-refractivity contribution in [2.75, 3.05) is 0 Å². The molecule has 4 rings (SSSR count). The Labute approximate surface area is 181 Å². The van der Waals surface area contributed by atoms with Crippen LogP contribution in [0.3, 0.4) is 0 Å². The van der Waals surface area contributed by atoms with Gasteiger partial charge in [0.15, 0.2) is 5.17 Å². The summed E-state index contributed by atoms with van der Waals surface area (Å²) in [6.45, 7) is 0.238. The molecule has 1 amide bonds. The van der Waals surface area contributed by atoms with Crippen molar-refractivity contribution in [2.45, 2.75) is 6.54 Å². The fourth-order valence-electron chi connectivity index (χ4n) is 2.68. The quantitative estimate of drug-likeness (QED) is 0.296. The Morgan fingerprint density at radius 2 is 1.80 bits per heavy atom. The molecule has 30 heavy (non-hydrogen) atoms. The maximum atomic E-state index is 13.0. The lowest BCUT2D eigenvalue weighted by atomic mass is 10.2. The van der Waals surface area contributed by atoms with E-state index in [0.717, 1.165) is 5.56 Å². The third kappa shape index (κ3) is 4.87. The first-order chi connectivity index (χ1) is 14.6. The average molecular weight is 440 g/mol. The number of carbonyl (C=O) groups excluding carboxylic acids is 1. The summed E-state index contributed by atoms with van der Waals surface area (Å²) in [6, 6.07) is 16.6. The second-order valence-corrected chi connectivity index (χ2v) is 7.76. The summed E-state index contributed by atoms with van der Waals surface area (Å²) in [5, 5.41) is 9.34. The number of benzene rings is 2. The number of amides is 1. The van der Waals surface area contributed by atoms with Crippen molar-refractivity contribution in [3.05, 3.63) is 99.6 Å². The molecule has 0 unspecified atom stereocenters. The lowest BCUT2D eigenvalue weighted by molar-refractivity contribution is -0.122. The van der Waals surface area contributed by atoms with Crippen LogP contribution in [-0.4, -0.2) is 22.2 Å². The fraction of sp³-hybridized carbons (Fsp3) is 0.0455. The molecule has 0 bridgehead atoms. The molecule has 0 aliphatic carbocycles. The van der Waals surface area contributed by atoms with Crippen LogP contribution in [0.25, 0.3) is 6.08 Å². The number of rotatable bonds is 5. The molecule has 3 aromatic rings. The second-order valence-electron chi connectivity index (χ2n) is 6.31. The number of furan rings is 1. The van der Waals surface area contributed by atoms with Crippen LogP contribution in [0.1, 0.15) is 16.9 Å². The molecule has 0 radical (unpaired) electrons. The van der Waals surface area contributed by atoms with E-state index in [9.17, 15) is 9.18 Å². The van der Waals surface area contributed by atoms with Crippen LogP contribution < -0.4 is 0 Å². The minimum Gasteiger partial charge on any atom is -0.467 e. The lowest BCUT2D eigenvalue weighted by Gasteiger charge is -2.12. The van der Waals surface area contributed by atoms with Gasteiger partial charge in [-0.2, -0.15) is 5.10 Å². The van der Waals surface area contributed by atoms with Crippen molar-refractivity contribution in [3.63, 3.8) is 0 Å². The van der Waals surface area contributed by atoms with E-state index < -0.39 is 0 Å². The van der Waals surface area contributed by atoms with Crippen LogP contribution in [0.2, 0.25) is 5.02 Å². The summed E-state index contributed by atoms with van der Waals surface area (Å²) >= 11 is 7.16. The van der Waals surface area contributed by atoms with Gasteiger partial charge in [0, 0.05) is 5.02 Å². The highest BCUT2D eigenvalue weighted by Crippen LogP contribution is 2.34. The molecular weight excluding hydrogens is 425 g/mol. The van der Waals surface area contributed by atoms with Gasteiger partial charge in [-0.3, -0.25) is 9.69 Å². The highest BCUT2D eigenvalue weighted by Gasteiger charge is 2.34. The van der Waals surface area contributed by atoms with Crippen LogP contribution in [-0.2, 0) is 11.3 Å². The highest BCUT2D eigenvalue weighted by molar-refractivity contribution is 8.18. The molecule has 150 valence electrons. The fourth-order valence-corrected chi connectivity index (χ4v) is 3.75. The molecule has 1 fully saturated rings. The third-order valence-corrected chi connectivity index (χ3v) is 5.42. The van der Waals surface area contributed by atoms with Crippen LogP contribution in [0.4, 0.5) is 4.39 Å². The molecule has 5 nitrogen and oxygen atoms in total. The summed E-state index contributed by atoms with van der Waals surface area (Å²) in [6.07, 6.45) is 4.84. The van der Waals surface area contributed by atoms with Crippen molar-refractivity contribution in [3.8, 4) is 0 Å². The summed E-state index contributed by atoms with van der Waals surface area (Å²) < 4.78 is 18.4. The van der Waals surface area contributed by atoms with E-state index in [-0.39, 0.29) is 18.3 Å². The highest BCUT2D eigenvalue weighted by atomic mass is 35.5. The topological polar surface area (TPSA) is 58.2 Å². The lowest BCUT2D eigenvalue weighted by Crippen LogP contribution is -2.28. The number of hydrogen-bond donors (Lipinski definition) is 0. The minimum absolute atomic E-state index is 0.193. The van der Waals surface area contributed by atoms with E-state index in [2.05, 4.69) is 10.2 Å². The van der Waals surface area contributed by atoms with Gasteiger partial charge in [0.25, 0.3) is 5.91 Å². The number of carbonyl (C=O) groups is 1. The Morgan fingerprint density at radius 1 is 1.07 bits per heavy atom. The molecule has 0 saturated carbocycles. The Morgan fingerprint density at radius 3 is 2.50 bits per heavy atom. The van der Waals surface area contributed by atoms with Crippen molar-refractivity contribution < 1.29 is 13.6 Å². The first kappa shape index (κ1) is 20.1. The molecule has 2 heterocycles. The predicted molar refractivity (Wildman–Crippen MR) is 118 cm³/mol. The SMILES string of the molecule is O=C1/C(=C/c2ccc(Cl)cc2)S/C(=N\N=C\c2ccc(F)cc2)N1Cc1ccco1. The van der Waals surface area contributed by atoms with Gasteiger partial charge in [-0.05, 0) is 65.4 Å². The van der Waals surface area contributed by atoms with Crippen molar-refractivity contribution in [2.24, 2.45) is 10.2 Å². The molecule has 0 N–H and O–H groups in total. The Kier molecular flexibility index (Phi) is 6.11. The van der Waals surface area contributed by atoms with Crippen LogP contribution in [0.5, 0.6) is 0 Å². The normalized spacial score (nSPS) is 17.0. The molecular formula is C22H15ClFN3O2S. The average Bonchev–Trinajstić information content (AvgIpc) is 3.35. The zero-order valence-electron chi connectivity index (χ0n) is 15.5. The number of nitrogens with zero attached hydrogens (tertiary/aromatic N) is 3. The predicted octanol–water partition coefficient (Wildman–Crippen LogP) is 5.58. The molecule has 8 heteroatoms. The smallest absolute Gasteiger partial charge is 0.267 e. The number of halogens is 2.